The summed E-state index contributed by atoms with van der Waals surface area (Å²) < 4.78 is 4.77. The lowest BCUT2D eigenvalue weighted by atomic mass is 9.99. The molecule has 3 heterocycles. The second kappa shape index (κ2) is 13.1. The maximum Gasteiger partial charge on any atom is 0.0715 e. The van der Waals surface area contributed by atoms with Crippen molar-refractivity contribution in [1.82, 2.24) is 14.1 Å². The minimum atomic E-state index is 0.963. The molecule has 0 saturated heterocycles. The Hall–Kier alpha value is -7.49. The van der Waals surface area contributed by atoms with Gasteiger partial charge in [-0.3, -0.25) is 0 Å². The third kappa shape index (κ3) is 5.32. The first-order valence-corrected chi connectivity index (χ1v) is 19.1. The summed E-state index contributed by atoms with van der Waals surface area (Å²) in [6.45, 7) is 0. The Balaban J connectivity index is 1.01. The summed E-state index contributed by atoms with van der Waals surface area (Å²) in [5, 5.41) is 4.99. The van der Waals surface area contributed by atoms with Crippen LogP contribution < -0.4 is 0 Å². The molecule has 0 bridgehead atoms. The fourth-order valence-corrected chi connectivity index (χ4v) is 8.45. The summed E-state index contributed by atoms with van der Waals surface area (Å²) in [5.74, 6) is 0. The molecule has 0 N–H and O–H groups in total. The molecule has 0 aliphatic heterocycles. The third-order valence-electron chi connectivity index (χ3n) is 11.1. The van der Waals surface area contributed by atoms with Crippen LogP contribution >= 0.6 is 0 Å². The van der Waals surface area contributed by atoms with Gasteiger partial charge in [0.2, 0.25) is 0 Å². The van der Waals surface area contributed by atoms with Crippen molar-refractivity contribution in [2.45, 2.75) is 0 Å². The molecular weight excluding hydrogens is 679 g/mol. The van der Waals surface area contributed by atoms with Gasteiger partial charge in [0.05, 0.1) is 33.5 Å². The summed E-state index contributed by atoms with van der Waals surface area (Å²) in [7, 11) is 0. The van der Waals surface area contributed by atoms with Crippen molar-refractivity contribution in [3.05, 3.63) is 212 Å². The van der Waals surface area contributed by atoms with E-state index in [0.29, 0.717) is 0 Å². The highest BCUT2D eigenvalue weighted by atomic mass is 15.0. The third-order valence-corrected chi connectivity index (χ3v) is 11.1. The van der Waals surface area contributed by atoms with E-state index in [-0.39, 0.29) is 0 Å². The van der Waals surface area contributed by atoms with E-state index < -0.39 is 0 Å². The minimum Gasteiger partial charge on any atom is -0.309 e. The Morgan fingerprint density at radius 2 is 0.643 bits per heavy atom. The second-order valence-corrected chi connectivity index (χ2v) is 14.4. The lowest BCUT2D eigenvalue weighted by Gasteiger charge is -2.12. The van der Waals surface area contributed by atoms with Gasteiger partial charge in [0.25, 0.3) is 0 Å². The number of hydrogen-bond acceptors (Lipinski definition) is 1. The van der Waals surface area contributed by atoms with E-state index in [9.17, 15) is 0 Å². The molecule has 3 nitrogen and oxygen atoms in total. The molecular formula is C53H35N3. The van der Waals surface area contributed by atoms with Crippen LogP contribution in [0.4, 0.5) is 0 Å². The molecule has 262 valence electrons. The molecule has 0 radical (unpaired) electrons. The van der Waals surface area contributed by atoms with E-state index in [1.807, 2.05) is 12.1 Å². The lowest BCUT2D eigenvalue weighted by molar-refractivity contribution is 1.18. The number of fused-ring (bicyclic) bond motifs is 6. The van der Waals surface area contributed by atoms with Crippen LogP contribution in [-0.4, -0.2) is 14.1 Å². The smallest absolute Gasteiger partial charge is 0.0715 e. The number of hydrogen-bond donors (Lipinski definition) is 0. The first-order chi connectivity index (χ1) is 27.8. The van der Waals surface area contributed by atoms with Gasteiger partial charge in [0.15, 0.2) is 0 Å². The monoisotopic (exact) mass is 713 g/mol. The normalized spacial score (nSPS) is 11.6. The Morgan fingerprint density at radius 1 is 0.250 bits per heavy atom. The van der Waals surface area contributed by atoms with E-state index in [4.69, 9.17) is 4.98 Å². The predicted molar refractivity (Wildman–Crippen MR) is 235 cm³/mol. The zero-order valence-electron chi connectivity index (χ0n) is 30.5. The minimum absolute atomic E-state index is 0.963. The Bertz CT molecular complexity index is 3150. The molecule has 3 aromatic heterocycles. The maximum atomic E-state index is 5.09. The first kappa shape index (κ1) is 32.0. The van der Waals surface area contributed by atoms with Crippen LogP contribution in [0.3, 0.4) is 0 Å². The van der Waals surface area contributed by atoms with Gasteiger partial charge in [-0.25, -0.2) is 4.98 Å². The standard InChI is InChI=1S/C53H35N3/c1-4-14-37(15-5-1)48-34-41(35-49(54-48)38-16-6-2-7-17-38)36-24-28-43(29-25-36)56-51-23-13-11-21-45(51)47-33-40(27-31-53(47)56)39-26-30-52-46(32-39)44-20-10-12-22-50(44)55(52)42-18-8-3-9-19-42/h1-35H. The van der Waals surface area contributed by atoms with Crippen molar-refractivity contribution >= 4 is 43.6 Å². The van der Waals surface area contributed by atoms with E-state index in [1.165, 1.54) is 60.4 Å². The van der Waals surface area contributed by atoms with Crippen LogP contribution in [0.5, 0.6) is 0 Å². The van der Waals surface area contributed by atoms with Gasteiger partial charge >= 0.3 is 0 Å². The number of benzene rings is 8. The molecule has 0 saturated carbocycles. The fraction of sp³-hybridized carbons (Fsp3) is 0. The van der Waals surface area contributed by atoms with E-state index in [1.54, 1.807) is 0 Å². The van der Waals surface area contributed by atoms with Crippen LogP contribution in [0.2, 0.25) is 0 Å². The van der Waals surface area contributed by atoms with Gasteiger partial charge in [-0.05, 0) is 95.1 Å². The predicted octanol–water partition coefficient (Wildman–Crippen LogP) is 13.9. The molecule has 0 aliphatic rings. The molecule has 56 heavy (non-hydrogen) atoms. The second-order valence-electron chi connectivity index (χ2n) is 14.4. The molecule has 0 unspecified atom stereocenters. The molecule has 3 heteroatoms. The van der Waals surface area contributed by atoms with Gasteiger partial charge in [0, 0.05) is 44.0 Å². The van der Waals surface area contributed by atoms with E-state index in [0.717, 1.165) is 39.3 Å². The van der Waals surface area contributed by atoms with E-state index in [2.05, 4.69) is 209 Å². The zero-order valence-corrected chi connectivity index (χ0v) is 30.5. The average Bonchev–Trinajstić information content (AvgIpc) is 3.79. The van der Waals surface area contributed by atoms with Crippen molar-refractivity contribution in [3.8, 4) is 56.1 Å². The van der Waals surface area contributed by atoms with Gasteiger partial charge < -0.3 is 9.13 Å². The van der Waals surface area contributed by atoms with Crippen LogP contribution in [0.1, 0.15) is 0 Å². The highest BCUT2D eigenvalue weighted by Crippen LogP contribution is 2.39. The Kier molecular flexibility index (Phi) is 7.49. The van der Waals surface area contributed by atoms with Gasteiger partial charge in [-0.15, -0.1) is 0 Å². The van der Waals surface area contributed by atoms with Crippen molar-refractivity contribution in [2.24, 2.45) is 0 Å². The lowest BCUT2D eigenvalue weighted by Crippen LogP contribution is -1.94. The topological polar surface area (TPSA) is 22.8 Å². The molecule has 0 spiro atoms. The van der Waals surface area contributed by atoms with Crippen LogP contribution in [-0.2, 0) is 0 Å². The van der Waals surface area contributed by atoms with Crippen molar-refractivity contribution < 1.29 is 0 Å². The van der Waals surface area contributed by atoms with Crippen LogP contribution in [0, 0.1) is 0 Å². The maximum absolute atomic E-state index is 5.09. The molecule has 11 aromatic rings. The SMILES string of the molecule is c1ccc(-c2cc(-c3ccc(-n4c5ccccc5c5cc(-c6ccc7c(c6)c6ccccc6n7-c6ccccc6)ccc54)cc3)cc(-c3ccccc3)n2)cc1. The first-order valence-electron chi connectivity index (χ1n) is 19.1. The molecule has 0 amide bonds. The molecule has 0 aliphatic carbocycles. The Morgan fingerprint density at radius 3 is 1.14 bits per heavy atom. The van der Waals surface area contributed by atoms with Crippen molar-refractivity contribution in [2.75, 3.05) is 0 Å². The summed E-state index contributed by atoms with van der Waals surface area (Å²) in [5.41, 5.74) is 15.9. The highest BCUT2D eigenvalue weighted by molar-refractivity contribution is 6.12. The summed E-state index contributed by atoms with van der Waals surface area (Å²) in [4.78, 5) is 5.09. The Labute approximate surface area is 325 Å². The van der Waals surface area contributed by atoms with Gasteiger partial charge in [-0.2, -0.15) is 0 Å². The number of para-hydroxylation sites is 3. The number of pyridine rings is 1. The average molecular weight is 714 g/mol. The summed E-state index contributed by atoms with van der Waals surface area (Å²) >= 11 is 0. The number of nitrogens with zero attached hydrogens (tertiary/aromatic N) is 3. The molecule has 8 aromatic carbocycles. The highest BCUT2D eigenvalue weighted by Gasteiger charge is 2.17. The number of aromatic nitrogens is 3. The van der Waals surface area contributed by atoms with Crippen LogP contribution in [0.25, 0.3) is 99.8 Å². The van der Waals surface area contributed by atoms with Gasteiger partial charge in [0.1, 0.15) is 0 Å². The quantitative estimate of drug-likeness (QED) is 0.168. The summed E-state index contributed by atoms with van der Waals surface area (Å²) in [6, 6.07) is 76.2. The van der Waals surface area contributed by atoms with Crippen LogP contribution in [0.15, 0.2) is 212 Å². The largest absolute Gasteiger partial charge is 0.309 e. The fourth-order valence-electron chi connectivity index (χ4n) is 8.45. The van der Waals surface area contributed by atoms with Crippen molar-refractivity contribution in [3.63, 3.8) is 0 Å². The molecule has 11 rings (SSSR count). The summed E-state index contributed by atoms with van der Waals surface area (Å²) in [6.07, 6.45) is 0. The molecule has 0 fully saturated rings. The van der Waals surface area contributed by atoms with Crippen molar-refractivity contribution in [1.29, 1.82) is 0 Å². The van der Waals surface area contributed by atoms with E-state index >= 15 is 0 Å². The van der Waals surface area contributed by atoms with Gasteiger partial charge in [-0.1, -0.05) is 140 Å². The number of rotatable bonds is 6. The zero-order chi connectivity index (χ0) is 37.0. The molecule has 0 atom stereocenters.